The van der Waals surface area contributed by atoms with Crippen molar-refractivity contribution in [1.29, 1.82) is 0 Å². The number of rotatable bonds is 3. The lowest BCUT2D eigenvalue weighted by molar-refractivity contribution is -0.120. The predicted octanol–water partition coefficient (Wildman–Crippen LogP) is 1.21. The maximum Gasteiger partial charge on any atom is 0.279 e. The smallest absolute Gasteiger partial charge is 0.279 e. The Labute approximate surface area is 109 Å². The van der Waals surface area contributed by atoms with E-state index in [2.05, 4.69) is 4.72 Å². The van der Waals surface area contributed by atoms with E-state index in [1.807, 2.05) is 0 Å². The van der Waals surface area contributed by atoms with Crippen LogP contribution in [-0.2, 0) is 15.0 Å². The Morgan fingerprint density at radius 2 is 1.56 bits per heavy atom. The summed E-state index contributed by atoms with van der Waals surface area (Å²) in [5.74, 6) is 0.250. The molecule has 0 amide bonds. The molecule has 1 saturated carbocycles. The largest absolute Gasteiger partial charge is 0.300 e. The third-order valence-corrected chi connectivity index (χ3v) is 5.44. The summed E-state index contributed by atoms with van der Waals surface area (Å²) in [6, 6.07) is -0.0593. The van der Waals surface area contributed by atoms with Gasteiger partial charge in [-0.2, -0.15) is 17.4 Å². The topological polar surface area (TPSA) is 66.5 Å². The van der Waals surface area contributed by atoms with Gasteiger partial charge >= 0.3 is 0 Å². The number of nitrogens with one attached hydrogen (secondary N) is 1. The van der Waals surface area contributed by atoms with Gasteiger partial charge < -0.3 is 0 Å². The van der Waals surface area contributed by atoms with E-state index in [0.717, 1.165) is 25.7 Å². The number of carbonyl (C=O) groups excluding carboxylic acids is 1. The van der Waals surface area contributed by atoms with Crippen molar-refractivity contribution in [3.8, 4) is 0 Å². The number of ketones is 1. The third-order valence-electron chi connectivity index (χ3n) is 3.76. The van der Waals surface area contributed by atoms with Crippen molar-refractivity contribution in [3.63, 3.8) is 0 Å². The van der Waals surface area contributed by atoms with Gasteiger partial charge in [0.25, 0.3) is 10.2 Å². The second-order valence-corrected chi connectivity index (χ2v) is 6.95. The van der Waals surface area contributed by atoms with E-state index < -0.39 is 10.2 Å². The molecule has 104 valence electrons. The fourth-order valence-electron chi connectivity index (χ4n) is 2.62. The minimum absolute atomic E-state index is 0.0593. The highest BCUT2D eigenvalue weighted by molar-refractivity contribution is 7.87. The summed E-state index contributed by atoms with van der Waals surface area (Å²) in [7, 11) is -3.35. The summed E-state index contributed by atoms with van der Waals surface area (Å²) in [5, 5.41) is 0. The first-order chi connectivity index (χ1) is 8.58. The van der Waals surface area contributed by atoms with Crippen LogP contribution in [0.25, 0.3) is 0 Å². The molecule has 18 heavy (non-hydrogen) atoms. The predicted molar refractivity (Wildman–Crippen MR) is 69.4 cm³/mol. The number of Topliss-reactive ketones (excluding diaryl/α,β-unsaturated/α-hetero) is 1. The minimum Gasteiger partial charge on any atom is -0.300 e. The van der Waals surface area contributed by atoms with Gasteiger partial charge in [0.1, 0.15) is 5.78 Å². The molecule has 2 rings (SSSR count). The average Bonchev–Trinajstić information content (AvgIpc) is 2.61. The zero-order valence-electron chi connectivity index (χ0n) is 10.7. The Balaban J connectivity index is 1.91. The van der Waals surface area contributed by atoms with Crippen LogP contribution in [0.2, 0.25) is 0 Å². The zero-order valence-corrected chi connectivity index (χ0v) is 11.5. The summed E-state index contributed by atoms with van der Waals surface area (Å²) in [6.07, 6.45) is 6.43. The highest BCUT2D eigenvalue weighted by atomic mass is 32.2. The molecule has 1 saturated heterocycles. The van der Waals surface area contributed by atoms with Crippen molar-refractivity contribution >= 4 is 16.0 Å². The third kappa shape index (κ3) is 3.76. The number of hydrogen-bond acceptors (Lipinski definition) is 3. The van der Waals surface area contributed by atoms with E-state index in [1.54, 1.807) is 4.31 Å². The van der Waals surface area contributed by atoms with Crippen molar-refractivity contribution in [2.45, 2.75) is 57.4 Å². The van der Waals surface area contributed by atoms with Crippen LogP contribution in [0.5, 0.6) is 0 Å². The summed E-state index contributed by atoms with van der Waals surface area (Å²) >= 11 is 0. The van der Waals surface area contributed by atoms with E-state index in [-0.39, 0.29) is 11.8 Å². The number of carbonyl (C=O) groups is 1. The first kappa shape index (κ1) is 14.0. The van der Waals surface area contributed by atoms with Gasteiger partial charge in [-0.05, 0) is 25.7 Å². The summed E-state index contributed by atoms with van der Waals surface area (Å²) in [5.41, 5.74) is 0. The summed E-state index contributed by atoms with van der Waals surface area (Å²) in [4.78, 5) is 11.1. The van der Waals surface area contributed by atoms with Crippen LogP contribution < -0.4 is 4.72 Å². The summed E-state index contributed by atoms with van der Waals surface area (Å²) < 4.78 is 28.8. The molecule has 5 nitrogen and oxygen atoms in total. The normalized spacial score (nSPS) is 25.0. The van der Waals surface area contributed by atoms with Crippen LogP contribution in [0.4, 0.5) is 0 Å². The van der Waals surface area contributed by atoms with E-state index >= 15 is 0 Å². The van der Waals surface area contributed by atoms with Crippen LogP contribution in [0.15, 0.2) is 0 Å². The van der Waals surface area contributed by atoms with Crippen molar-refractivity contribution in [1.82, 2.24) is 9.03 Å². The lowest BCUT2D eigenvalue weighted by Crippen LogP contribution is -2.46. The molecule has 0 spiro atoms. The van der Waals surface area contributed by atoms with Gasteiger partial charge in [0, 0.05) is 32.0 Å². The maximum absolute atomic E-state index is 12.2. The molecule has 0 aromatic heterocycles. The van der Waals surface area contributed by atoms with Gasteiger partial charge in [-0.1, -0.05) is 12.8 Å². The van der Waals surface area contributed by atoms with Gasteiger partial charge in [0.05, 0.1) is 0 Å². The molecule has 0 atom stereocenters. The molecule has 0 aromatic rings. The molecule has 2 fully saturated rings. The van der Waals surface area contributed by atoms with Crippen molar-refractivity contribution in [3.05, 3.63) is 0 Å². The zero-order chi connectivity index (χ0) is 13.0. The van der Waals surface area contributed by atoms with Crippen LogP contribution >= 0.6 is 0 Å². The van der Waals surface area contributed by atoms with E-state index in [1.165, 1.54) is 0 Å². The quantitative estimate of drug-likeness (QED) is 0.841. The van der Waals surface area contributed by atoms with Crippen LogP contribution in [0, 0.1) is 0 Å². The second-order valence-electron chi connectivity index (χ2n) is 5.25. The summed E-state index contributed by atoms with van der Waals surface area (Å²) in [6.45, 7) is 1.25. The Kier molecular flexibility index (Phi) is 4.75. The molecule has 2 aliphatic rings. The Bertz CT molecular complexity index is 376. The van der Waals surface area contributed by atoms with E-state index in [4.69, 9.17) is 0 Å². The molecule has 1 aliphatic carbocycles. The van der Waals surface area contributed by atoms with Gasteiger partial charge in [-0.15, -0.1) is 0 Å². The van der Waals surface area contributed by atoms with Gasteiger partial charge in [-0.3, -0.25) is 4.79 Å². The maximum atomic E-state index is 12.2. The van der Waals surface area contributed by atoms with Gasteiger partial charge in [0.2, 0.25) is 0 Å². The first-order valence-corrected chi connectivity index (χ1v) is 8.31. The molecule has 0 unspecified atom stereocenters. The molecule has 0 bridgehead atoms. The standard InChI is InChI=1S/C12H22N2O3S/c15-12-7-5-11(6-8-12)13-18(16,17)14-9-3-1-2-4-10-14/h11,13H,1-10H2. The lowest BCUT2D eigenvalue weighted by Gasteiger charge is -2.26. The number of nitrogens with zero attached hydrogens (tertiary/aromatic N) is 1. The van der Waals surface area contributed by atoms with Crippen LogP contribution in [0.3, 0.4) is 0 Å². The van der Waals surface area contributed by atoms with Crippen molar-refractivity contribution in [2.24, 2.45) is 0 Å². The fraction of sp³-hybridized carbons (Fsp3) is 0.917. The Hall–Kier alpha value is -0.460. The monoisotopic (exact) mass is 274 g/mol. The highest BCUT2D eigenvalue weighted by Gasteiger charge is 2.28. The van der Waals surface area contributed by atoms with Crippen molar-refractivity contribution in [2.75, 3.05) is 13.1 Å². The Morgan fingerprint density at radius 1 is 1.00 bits per heavy atom. The highest BCUT2D eigenvalue weighted by Crippen LogP contribution is 2.18. The van der Waals surface area contributed by atoms with Gasteiger partial charge in [-0.25, -0.2) is 0 Å². The molecule has 1 N–H and O–H groups in total. The molecule has 0 aromatic carbocycles. The SMILES string of the molecule is O=C1CCC(NS(=O)(=O)N2CCCCCC2)CC1. The van der Waals surface area contributed by atoms with Crippen LogP contribution in [0.1, 0.15) is 51.4 Å². The molecule has 0 radical (unpaired) electrons. The number of hydrogen-bond donors (Lipinski definition) is 1. The molecule has 1 heterocycles. The van der Waals surface area contributed by atoms with Crippen LogP contribution in [-0.4, -0.2) is 37.6 Å². The first-order valence-electron chi connectivity index (χ1n) is 6.87. The molecular weight excluding hydrogens is 252 g/mol. The second kappa shape index (κ2) is 6.12. The van der Waals surface area contributed by atoms with Crippen molar-refractivity contribution < 1.29 is 13.2 Å². The minimum atomic E-state index is -3.35. The molecule has 1 aliphatic heterocycles. The van der Waals surface area contributed by atoms with E-state index in [9.17, 15) is 13.2 Å². The van der Waals surface area contributed by atoms with E-state index in [0.29, 0.717) is 38.8 Å². The molecular formula is C12H22N2O3S. The fourth-order valence-corrected chi connectivity index (χ4v) is 4.17. The van der Waals surface area contributed by atoms with Gasteiger partial charge in [0.15, 0.2) is 0 Å². The average molecular weight is 274 g/mol. The molecule has 6 heteroatoms. The Morgan fingerprint density at radius 3 is 2.11 bits per heavy atom. The lowest BCUT2D eigenvalue weighted by atomic mass is 9.95.